The van der Waals surface area contributed by atoms with Crippen molar-refractivity contribution in [1.82, 2.24) is 0 Å². The zero-order valence-electron chi connectivity index (χ0n) is 10.6. The molecule has 0 spiro atoms. The third-order valence-corrected chi connectivity index (χ3v) is 3.86. The van der Waals surface area contributed by atoms with E-state index in [-0.39, 0.29) is 0 Å². The van der Waals surface area contributed by atoms with Gasteiger partial charge in [0.2, 0.25) is 0 Å². The lowest BCUT2D eigenvalue weighted by Gasteiger charge is -2.09. The summed E-state index contributed by atoms with van der Waals surface area (Å²) in [5.74, 6) is 0. The number of nitrogens with two attached hydrogens (primary N) is 2. The monoisotopic (exact) mass is 292 g/mol. The van der Waals surface area contributed by atoms with Crippen molar-refractivity contribution in [3.63, 3.8) is 0 Å². The third kappa shape index (κ3) is 12.5. The zero-order valence-corrected chi connectivity index (χ0v) is 12.2. The van der Waals surface area contributed by atoms with Crippen LogP contribution in [0.5, 0.6) is 0 Å². The number of rotatable bonds is 12. The molecule has 0 aliphatic carbocycles. The lowest BCUT2D eigenvalue weighted by molar-refractivity contribution is 0.561. The van der Waals surface area contributed by atoms with E-state index < -0.39 is 0 Å². The van der Waals surface area contributed by atoms with Gasteiger partial charge in [0, 0.05) is 4.83 Å². The summed E-state index contributed by atoms with van der Waals surface area (Å²) in [4.78, 5) is 0.725. The molecule has 2 nitrogen and oxygen atoms in total. The van der Waals surface area contributed by atoms with Gasteiger partial charge in [-0.15, -0.1) is 0 Å². The van der Waals surface area contributed by atoms with Gasteiger partial charge in [0.05, 0.1) is 0 Å². The molecule has 0 saturated carbocycles. The Balaban J connectivity index is 3.09. The number of alkyl halides is 1. The highest BCUT2D eigenvalue weighted by molar-refractivity contribution is 9.09. The first-order valence-corrected chi connectivity index (χ1v) is 7.77. The van der Waals surface area contributed by atoms with Gasteiger partial charge in [-0.3, -0.25) is 0 Å². The Bertz CT molecular complexity index is 117. The van der Waals surface area contributed by atoms with Crippen LogP contribution in [0.1, 0.15) is 64.2 Å². The molecule has 4 N–H and O–H groups in total. The number of hydrogen-bond acceptors (Lipinski definition) is 2. The molecule has 0 atom stereocenters. The molecule has 0 heterocycles. The van der Waals surface area contributed by atoms with E-state index in [0.29, 0.717) is 0 Å². The van der Waals surface area contributed by atoms with Crippen LogP contribution in [-0.2, 0) is 0 Å². The summed E-state index contributed by atoms with van der Waals surface area (Å²) in [7, 11) is 0. The number of halogens is 1. The molecule has 0 rings (SSSR count). The lowest BCUT2D eigenvalue weighted by Crippen LogP contribution is -2.01. The highest BCUT2D eigenvalue weighted by Crippen LogP contribution is 2.18. The second-order valence-electron chi connectivity index (χ2n) is 4.58. The highest BCUT2D eigenvalue weighted by Gasteiger charge is 2.03. The summed E-state index contributed by atoms with van der Waals surface area (Å²) < 4.78 is 0. The van der Waals surface area contributed by atoms with Crippen molar-refractivity contribution >= 4 is 15.9 Å². The van der Waals surface area contributed by atoms with Crippen LogP contribution in [0.3, 0.4) is 0 Å². The van der Waals surface area contributed by atoms with Crippen molar-refractivity contribution in [1.29, 1.82) is 0 Å². The lowest BCUT2D eigenvalue weighted by atomic mass is 10.1. The zero-order chi connectivity index (χ0) is 12.1. The Morgan fingerprint density at radius 2 is 1.00 bits per heavy atom. The molecule has 16 heavy (non-hydrogen) atoms. The van der Waals surface area contributed by atoms with Crippen LogP contribution >= 0.6 is 15.9 Å². The highest BCUT2D eigenvalue weighted by atomic mass is 79.9. The molecule has 0 aromatic rings. The van der Waals surface area contributed by atoms with Crippen molar-refractivity contribution in [2.75, 3.05) is 13.1 Å². The first-order chi connectivity index (χ1) is 7.81. The van der Waals surface area contributed by atoms with E-state index >= 15 is 0 Å². The summed E-state index contributed by atoms with van der Waals surface area (Å²) in [5.41, 5.74) is 10.9. The van der Waals surface area contributed by atoms with Crippen molar-refractivity contribution in [3.05, 3.63) is 0 Å². The number of hydrogen-bond donors (Lipinski definition) is 2. The molecule has 0 aliphatic heterocycles. The summed E-state index contributed by atoms with van der Waals surface area (Å²) in [6.45, 7) is 1.69. The first-order valence-electron chi connectivity index (χ1n) is 6.85. The maximum Gasteiger partial charge on any atom is 0.0145 e. The maximum atomic E-state index is 5.46. The molecule has 0 aromatic carbocycles. The smallest absolute Gasteiger partial charge is 0.0145 e. The van der Waals surface area contributed by atoms with E-state index in [0.717, 1.165) is 17.9 Å². The minimum absolute atomic E-state index is 0.725. The normalized spacial score (nSPS) is 11.2. The average molecular weight is 293 g/mol. The topological polar surface area (TPSA) is 52.0 Å². The predicted octanol–water partition coefficient (Wildman–Crippen LogP) is 3.57. The maximum absolute atomic E-state index is 5.46. The quantitative estimate of drug-likeness (QED) is 0.427. The van der Waals surface area contributed by atoms with Crippen molar-refractivity contribution in [3.8, 4) is 0 Å². The Morgan fingerprint density at radius 3 is 1.38 bits per heavy atom. The standard InChI is InChI=1S/C13H29BrN2/c14-13(9-5-1-3-7-11-15)10-6-2-4-8-12-16/h13H,1-12,15-16H2. The van der Waals surface area contributed by atoms with E-state index in [2.05, 4.69) is 15.9 Å². The molecular weight excluding hydrogens is 264 g/mol. The first kappa shape index (κ1) is 16.4. The van der Waals surface area contributed by atoms with Gasteiger partial charge in [-0.1, -0.05) is 54.5 Å². The van der Waals surface area contributed by atoms with Gasteiger partial charge in [0.1, 0.15) is 0 Å². The predicted molar refractivity (Wildman–Crippen MR) is 77.0 cm³/mol. The Labute approximate surface area is 110 Å². The summed E-state index contributed by atoms with van der Waals surface area (Å²) in [6.07, 6.45) is 13.0. The van der Waals surface area contributed by atoms with Gasteiger partial charge in [0.15, 0.2) is 0 Å². The Hall–Kier alpha value is 0.400. The van der Waals surface area contributed by atoms with Gasteiger partial charge in [-0.2, -0.15) is 0 Å². The molecule has 0 amide bonds. The molecule has 0 saturated heterocycles. The van der Waals surface area contributed by atoms with Gasteiger partial charge in [-0.25, -0.2) is 0 Å². The molecule has 0 unspecified atom stereocenters. The third-order valence-electron chi connectivity index (χ3n) is 2.94. The Kier molecular flexibility index (Phi) is 13.8. The van der Waals surface area contributed by atoms with Crippen LogP contribution < -0.4 is 11.5 Å². The molecule has 0 fully saturated rings. The molecule has 0 aromatic heterocycles. The molecule has 3 heteroatoms. The van der Waals surface area contributed by atoms with E-state index in [1.807, 2.05) is 0 Å². The van der Waals surface area contributed by atoms with E-state index in [9.17, 15) is 0 Å². The van der Waals surface area contributed by atoms with E-state index in [4.69, 9.17) is 11.5 Å². The summed E-state index contributed by atoms with van der Waals surface area (Å²) in [6, 6.07) is 0. The van der Waals surface area contributed by atoms with Gasteiger partial charge in [0.25, 0.3) is 0 Å². The van der Waals surface area contributed by atoms with Crippen LogP contribution in [0.4, 0.5) is 0 Å². The van der Waals surface area contributed by atoms with Crippen molar-refractivity contribution in [2.24, 2.45) is 11.5 Å². The summed E-state index contributed by atoms with van der Waals surface area (Å²) >= 11 is 3.77. The van der Waals surface area contributed by atoms with Crippen molar-refractivity contribution in [2.45, 2.75) is 69.0 Å². The second kappa shape index (κ2) is 13.5. The second-order valence-corrected chi connectivity index (χ2v) is 5.88. The molecule has 0 radical (unpaired) electrons. The van der Waals surface area contributed by atoms with Crippen LogP contribution in [0.15, 0.2) is 0 Å². The SMILES string of the molecule is NCCCCCCC(Br)CCCCCCN. The van der Waals surface area contributed by atoms with E-state index in [1.54, 1.807) is 0 Å². The Morgan fingerprint density at radius 1 is 0.625 bits per heavy atom. The molecular formula is C13H29BrN2. The van der Waals surface area contributed by atoms with Crippen LogP contribution in [0.25, 0.3) is 0 Å². The fraction of sp³-hybridized carbons (Fsp3) is 1.00. The average Bonchev–Trinajstić information content (AvgIpc) is 2.28. The van der Waals surface area contributed by atoms with E-state index in [1.165, 1.54) is 64.2 Å². The minimum atomic E-state index is 0.725. The molecule has 98 valence electrons. The minimum Gasteiger partial charge on any atom is -0.330 e. The van der Waals surface area contributed by atoms with Crippen molar-refractivity contribution < 1.29 is 0 Å². The van der Waals surface area contributed by atoms with Gasteiger partial charge >= 0.3 is 0 Å². The van der Waals surface area contributed by atoms with Gasteiger partial charge in [-0.05, 0) is 38.8 Å². The van der Waals surface area contributed by atoms with Crippen LogP contribution in [0.2, 0.25) is 0 Å². The van der Waals surface area contributed by atoms with Crippen LogP contribution in [-0.4, -0.2) is 17.9 Å². The molecule has 0 aliphatic rings. The fourth-order valence-corrected chi connectivity index (χ4v) is 2.52. The number of unbranched alkanes of at least 4 members (excludes halogenated alkanes) is 6. The summed E-state index contributed by atoms with van der Waals surface area (Å²) in [5, 5.41) is 0. The fourth-order valence-electron chi connectivity index (χ4n) is 1.87. The van der Waals surface area contributed by atoms with Crippen LogP contribution in [0, 0.1) is 0 Å². The molecule has 0 bridgehead atoms. The largest absolute Gasteiger partial charge is 0.330 e. The van der Waals surface area contributed by atoms with Gasteiger partial charge < -0.3 is 11.5 Å².